The molecule has 0 aromatic rings. The minimum atomic E-state index is -7.24. The van der Waals surface area contributed by atoms with Crippen molar-refractivity contribution >= 4 is 5.97 Å². The standard InChI is InChI=1S/C11H10F10O2/c1-4-7(12,13)8(14,15)9(16,17)10(18,19)11(20,21)23-6(22)5(2)3/h2,4H2,1,3H3. The molecule has 0 heterocycles. The lowest BCUT2D eigenvalue weighted by molar-refractivity contribution is -0.436. The van der Waals surface area contributed by atoms with Crippen LogP contribution in [0, 0.1) is 0 Å². The van der Waals surface area contributed by atoms with Crippen LogP contribution in [-0.4, -0.2) is 35.8 Å². The molecule has 0 amide bonds. The van der Waals surface area contributed by atoms with Gasteiger partial charge in [0, 0.05) is 12.0 Å². The highest BCUT2D eigenvalue weighted by atomic mass is 19.4. The van der Waals surface area contributed by atoms with E-state index in [9.17, 15) is 48.7 Å². The van der Waals surface area contributed by atoms with Gasteiger partial charge in [0.25, 0.3) is 0 Å². The smallest absolute Gasteiger partial charge is 0.393 e. The molecule has 0 fully saturated rings. The van der Waals surface area contributed by atoms with Gasteiger partial charge in [-0.05, 0) is 6.92 Å². The molecule has 0 spiro atoms. The van der Waals surface area contributed by atoms with Crippen LogP contribution in [-0.2, 0) is 9.53 Å². The van der Waals surface area contributed by atoms with Gasteiger partial charge in [-0.1, -0.05) is 13.5 Å². The summed E-state index contributed by atoms with van der Waals surface area (Å²) in [5.41, 5.74) is -0.950. The Labute approximate surface area is 123 Å². The van der Waals surface area contributed by atoms with Crippen LogP contribution in [0.2, 0.25) is 0 Å². The molecule has 0 rings (SSSR count). The number of carbonyl (C=O) groups excluding carboxylic acids is 1. The van der Waals surface area contributed by atoms with Crippen molar-refractivity contribution in [2.24, 2.45) is 0 Å². The molecule has 0 saturated carbocycles. The second-order valence-corrected chi connectivity index (χ2v) is 4.47. The molecule has 0 atom stereocenters. The number of ether oxygens (including phenoxy) is 1. The van der Waals surface area contributed by atoms with Crippen molar-refractivity contribution in [2.45, 2.75) is 50.1 Å². The first-order valence-corrected chi connectivity index (χ1v) is 5.67. The first kappa shape index (κ1) is 21.5. The molecule has 0 bridgehead atoms. The number of carbonyl (C=O) groups is 1. The molecule has 0 saturated heterocycles. The van der Waals surface area contributed by atoms with Crippen LogP contribution in [0.15, 0.2) is 12.2 Å². The fraction of sp³-hybridized carbons (Fsp3) is 0.727. The van der Waals surface area contributed by atoms with E-state index in [1.165, 1.54) is 0 Å². The summed E-state index contributed by atoms with van der Waals surface area (Å²) in [5.74, 6) is -29.3. The minimum absolute atomic E-state index is 0.251. The molecular formula is C11H10F10O2. The molecule has 0 radical (unpaired) electrons. The number of hydrogen-bond donors (Lipinski definition) is 0. The summed E-state index contributed by atoms with van der Waals surface area (Å²) < 4.78 is 133. The van der Waals surface area contributed by atoms with Crippen LogP contribution in [0.3, 0.4) is 0 Å². The topological polar surface area (TPSA) is 26.3 Å². The van der Waals surface area contributed by atoms with Crippen molar-refractivity contribution in [3.63, 3.8) is 0 Å². The normalized spacial score (nSPS) is 14.6. The predicted molar refractivity (Wildman–Crippen MR) is 55.9 cm³/mol. The Morgan fingerprint density at radius 3 is 1.57 bits per heavy atom. The molecule has 2 nitrogen and oxygen atoms in total. The third kappa shape index (κ3) is 3.25. The highest BCUT2D eigenvalue weighted by molar-refractivity contribution is 5.87. The highest BCUT2D eigenvalue weighted by Crippen LogP contribution is 2.57. The summed E-state index contributed by atoms with van der Waals surface area (Å²) in [6.45, 7) is 3.59. The van der Waals surface area contributed by atoms with Gasteiger partial charge in [0.2, 0.25) is 0 Å². The number of alkyl halides is 10. The van der Waals surface area contributed by atoms with E-state index in [0.29, 0.717) is 6.92 Å². The van der Waals surface area contributed by atoms with Crippen LogP contribution < -0.4 is 0 Å². The Bertz CT molecular complexity index is 483. The fourth-order valence-corrected chi connectivity index (χ4v) is 1.10. The van der Waals surface area contributed by atoms with Crippen molar-refractivity contribution in [3.8, 4) is 0 Å². The van der Waals surface area contributed by atoms with Gasteiger partial charge in [-0.15, -0.1) is 0 Å². The number of rotatable bonds is 7. The largest absolute Gasteiger partial charge is 0.473 e. The van der Waals surface area contributed by atoms with Gasteiger partial charge < -0.3 is 4.74 Å². The quantitative estimate of drug-likeness (QED) is 0.374. The average molecular weight is 364 g/mol. The SMILES string of the molecule is C=C(C)C(=O)OC(F)(F)C(F)(F)C(F)(F)C(F)(F)C(F)(F)CC. The van der Waals surface area contributed by atoms with Crippen molar-refractivity contribution in [3.05, 3.63) is 12.2 Å². The van der Waals surface area contributed by atoms with Crippen molar-refractivity contribution in [1.29, 1.82) is 0 Å². The second kappa shape index (κ2) is 5.86. The molecule has 0 aliphatic carbocycles. The lowest BCUT2D eigenvalue weighted by Crippen LogP contribution is -2.67. The van der Waals surface area contributed by atoms with E-state index in [-0.39, 0.29) is 6.92 Å². The van der Waals surface area contributed by atoms with Gasteiger partial charge in [-0.2, -0.15) is 43.9 Å². The number of halogens is 10. The molecule has 0 aliphatic heterocycles. The third-order valence-electron chi connectivity index (χ3n) is 2.63. The number of hydrogen-bond acceptors (Lipinski definition) is 2. The molecule has 23 heavy (non-hydrogen) atoms. The molecular weight excluding hydrogens is 354 g/mol. The molecule has 0 unspecified atom stereocenters. The second-order valence-electron chi connectivity index (χ2n) is 4.47. The Morgan fingerprint density at radius 2 is 1.26 bits per heavy atom. The molecule has 0 N–H and O–H groups in total. The molecule has 136 valence electrons. The lowest BCUT2D eigenvalue weighted by atomic mass is 9.96. The molecule has 0 aromatic carbocycles. The summed E-state index contributed by atoms with van der Waals surface area (Å²) in [6.07, 6.45) is -8.54. The fourth-order valence-electron chi connectivity index (χ4n) is 1.10. The maximum Gasteiger partial charge on any atom is 0.473 e. The van der Waals surface area contributed by atoms with E-state index in [0.717, 1.165) is 0 Å². The van der Waals surface area contributed by atoms with Crippen LogP contribution in [0.25, 0.3) is 0 Å². The summed E-state index contributed by atoms with van der Waals surface area (Å²) in [5, 5.41) is 0. The maximum absolute atomic E-state index is 13.1. The van der Waals surface area contributed by atoms with Crippen LogP contribution in [0.4, 0.5) is 43.9 Å². The van der Waals surface area contributed by atoms with Crippen LogP contribution >= 0.6 is 0 Å². The summed E-state index contributed by atoms with van der Waals surface area (Å²) in [4.78, 5) is 10.7. The van der Waals surface area contributed by atoms with Crippen molar-refractivity contribution in [2.75, 3.05) is 0 Å². The summed E-state index contributed by atoms with van der Waals surface area (Å²) in [7, 11) is 0. The van der Waals surface area contributed by atoms with E-state index >= 15 is 0 Å². The molecule has 0 aliphatic rings. The average Bonchev–Trinajstić information content (AvgIpc) is 2.36. The first-order valence-electron chi connectivity index (χ1n) is 5.67. The first-order chi connectivity index (χ1) is 9.89. The summed E-state index contributed by atoms with van der Waals surface area (Å²) >= 11 is 0. The Morgan fingerprint density at radius 1 is 0.870 bits per heavy atom. The zero-order valence-corrected chi connectivity index (χ0v) is 11.5. The molecule has 12 heteroatoms. The van der Waals surface area contributed by atoms with Crippen LogP contribution in [0.5, 0.6) is 0 Å². The van der Waals surface area contributed by atoms with E-state index in [2.05, 4.69) is 11.3 Å². The highest BCUT2D eigenvalue weighted by Gasteiger charge is 2.87. The van der Waals surface area contributed by atoms with Gasteiger partial charge in [-0.3, -0.25) is 0 Å². The van der Waals surface area contributed by atoms with E-state index < -0.39 is 47.8 Å². The van der Waals surface area contributed by atoms with E-state index in [1.807, 2.05) is 0 Å². The van der Waals surface area contributed by atoms with Crippen molar-refractivity contribution < 1.29 is 53.4 Å². The van der Waals surface area contributed by atoms with E-state index in [4.69, 9.17) is 0 Å². The van der Waals surface area contributed by atoms with Gasteiger partial charge in [0.1, 0.15) is 0 Å². The van der Waals surface area contributed by atoms with Gasteiger partial charge >= 0.3 is 35.8 Å². The monoisotopic (exact) mass is 364 g/mol. The summed E-state index contributed by atoms with van der Waals surface area (Å²) in [6, 6.07) is 0. The number of esters is 1. The zero-order chi connectivity index (χ0) is 19.1. The van der Waals surface area contributed by atoms with Gasteiger partial charge in [-0.25, -0.2) is 4.79 Å². The van der Waals surface area contributed by atoms with Gasteiger partial charge in [0.05, 0.1) is 0 Å². The Hall–Kier alpha value is -1.49. The van der Waals surface area contributed by atoms with Crippen molar-refractivity contribution in [1.82, 2.24) is 0 Å². The van der Waals surface area contributed by atoms with E-state index in [1.54, 1.807) is 0 Å². The maximum atomic E-state index is 13.1. The van der Waals surface area contributed by atoms with Gasteiger partial charge in [0.15, 0.2) is 0 Å². The lowest BCUT2D eigenvalue weighted by Gasteiger charge is -2.38. The molecule has 0 aromatic heterocycles. The Balaban J connectivity index is 5.96. The third-order valence-corrected chi connectivity index (χ3v) is 2.63. The zero-order valence-electron chi connectivity index (χ0n) is 11.5. The Kier molecular flexibility index (Phi) is 5.48. The van der Waals surface area contributed by atoms with Crippen LogP contribution in [0.1, 0.15) is 20.3 Å². The minimum Gasteiger partial charge on any atom is -0.393 e. The predicted octanol–water partition coefficient (Wildman–Crippen LogP) is 4.65.